The zero-order chi connectivity index (χ0) is 13.5. The van der Waals surface area contributed by atoms with E-state index < -0.39 is 11.6 Å². The van der Waals surface area contributed by atoms with E-state index in [2.05, 4.69) is 4.99 Å². The molecular formula is C12H27Cl2N3O2. The van der Waals surface area contributed by atoms with Crippen molar-refractivity contribution in [3.8, 4) is 0 Å². The molecule has 0 amide bonds. The highest BCUT2D eigenvalue weighted by Crippen LogP contribution is 2.10. The smallest absolute Gasteiger partial charge is 0.323 e. The first kappa shape index (κ1) is 23.6. The third-order valence-electron chi connectivity index (χ3n) is 1.99. The summed E-state index contributed by atoms with van der Waals surface area (Å²) in [7, 11) is 0. The molecule has 7 heteroatoms. The standard InChI is InChI=1S/C12H25N3O2.2ClH/c1-9(13)15-8-6-5-7-10(14)11(16)17-12(2,3)4;;/h10H,5-8,14H2,1-4H3,(H2,13,15);2*1H. The molecule has 0 aliphatic heterocycles. The molecule has 0 saturated carbocycles. The molecule has 0 aliphatic rings. The van der Waals surface area contributed by atoms with E-state index in [4.69, 9.17) is 16.2 Å². The highest BCUT2D eigenvalue weighted by molar-refractivity contribution is 5.85. The molecule has 0 spiro atoms. The number of nitrogens with zero attached hydrogens (tertiary/aromatic N) is 1. The summed E-state index contributed by atoms with van der Waals surface area (Å²) >= 11 is 0. The van der Waals surface area contributed by atoms with Crippen LogP contribution >= 0.6 is 24.8 Å². The Bertz CT molecular complexity index is 275. The van der Waals surface area contributed by atoms with Crippen LogP contribution in [0.5, 0.6) is 0 Å². The highest BCUT2D eigenvalue weighted by atomic mass is 35.5. The Balaban J connectivity index is -0.00000128. The minimum Gasteiger partial charge on any atom is -0.459 e. The fraction of sp³-hybridized carbons (Fsp3) is 0.833. The number of nitrogens with two attached hydrogens (primary N) is 2. The van der Waals surface area contributed by atoms with Gasteiger partial charge in [0.05, 0.1) is 5.84 Å². The van der Waals surface area contributed by atoms with Crippen LogP contribution < -0.4 is 11.5 Å². The van der Waals surface area contributed by atoms with Crippen molar-refractivity contribution in [3.63, 3.8) is 0 Å². The van der Waals surface area contributed by atoms with E-state index >= 15 is 0 Å². The van der Waals surface area contributed by atoms with Crippen LogP contribution in [-0.2, 0) is 9.53 Å². The molecule has 0 fully saturated rings. The zero-order valence-corrected chi connectivity index (χ0v) is 13.8. The molecule has 1 unspecified atom stereocenters. The fourth-order valence-electron chi connectivity index (χ4n) is 1.23. The molecule has 0 rings (SSSR count). The molecule has 1 atom stereocenters. The molecule has 5 nitrogen and oxygen atoms in total. The molecule has 0 aromatic rings. The van der Waals surface area contributed by atoms with Gasteiger partial charge in [0.15, 0.2) is 0 Å². The summed E-state index contributed by atoms with van der Waals surface area (Å²) in [5.74, 6) is 0.248. The summed E-state index contributed by atoms with van der Waals surface area (Å²) in [6.45, 7) is 7.93. The summed E-state index contributed by atoms with van der Waals surface area (Å²) in [5.41, 5.74) is 10.7. The summed E-state index contributed by atoms with van der Waals surface area (Å²) in [5, 5.41) is 0. The van der Waals surface area contributed by atoms with E-state index in [1.54, 1.807) is 6.92 Å². The van der Waals surface area contributed by atoms with Gasteiger partial charge in [0, 0.05) is 6.54 Å². The lowest BCUT2D eigenvalue weighted by atomic mass is 10.1. The van der Waals surface area contributed by atoms with E-state index in [1.807, 2.05) is 20.8 Å². The Morgan fingerprint density at radius 3 is 2.21 bits per heavy atom. The van der Waals surface area contributed by atoms with Crippen molar-refractivity contribution in [3.05, 3.63) is 0 Å². The minimum absolute atomic E-state index is 0. The second kappa shape index (κ2) is 11.3. The number of rotatable bonds is 6. The first-order valence-electron chi connectivity index (χ1n) is 5.97. The number of hydrogen-bond donors (Lipinski definition) is 2. The average molecular weight is 316 g/mol. The Morgan fingerprint density at radius 2 is 1.79 bits per heavy atom. The van der Waals surface area contributed by atoms with Gasteiger partial charge in [-0.15, -0.1) is 24.8 Å². The monoisotopic (exact) mass is 315 g/mol. The van der Waals surface area contributed by atoms with Crippen molar-refractivity contribution >= 4 is 36.6 Å². The predicted molar refractivity (Wildman–Crippen MR) is 84.3 cm³/mol. The number of carbonyl (C=O) groups excluding carboxylic acids is 1. The lowest BCUT2D eigenvalue weighted by Gasteiger charge is -2.22. The van der Waals surface area contributed by atoms with E-state index in [0.717, 1.165) is 12.8 Å². The van der Waals surface area contributed by atoms with Crippen LogP contribution in [0.15, 0.2) is 4.99 Å². The second-order valence-electron chi connectivity index (χ2n) is 5.16. The van der Waals surface area contributed by atoms with Gasteiger partial charge in [0.1, 0.15) is 11.6 Å². The lowest BCUT2D eigenvalue weighted by molar-refractivity contribution is -0.156. The molecule has 0 aliphatic carbocycles. The van der Waals surface area contributed by atoms with Crippen molar-refractivity contribution in [1.82, 2.24) is 0 Å². The summed E-state index contributed by atoms with van der Waals surface area (Å²) in [6.07, 6.45) is 2.34. The van der Waals surface area contributed by atoms with Crippen LogP contribution in [0.2, 0.25) is 0 Å². The van der Waals surface area contributed by atoms with Crippen molar-refractivity contribution in [2.24, 2.45) is 16.5 Å². The molecule has 0 saturated heterocycles. The van der Waals surface area contributed by atoms with Crippen molar-refractivity contribution in [2.75, 3.05) is 6.54 Å². The lowest BCUT2D eigenvalue weighted by Crippen LogP contribution is -2.37. The van der Waals surface area contributed by atoms with Crippen molar-refractivity contribution < 1.29 is 9.53 Å². The van der Waals surface area contributed by atoms with Gasteiger partial charge in [-0.3, -0.25) is 9.79 Å². The van der Waals surface area contributed by atoms with Gasteiger partial charge in [0.25, 0.3) is 0 Å². The number of aliphatic imine (C=N–C) groups is 1. The number of ether oxygens (including phenoxy) is 1. The molecule has 0 bridgehead atoms. The normalized spacial score (nSPS) is 13.0. The molecule has 19 heavy (non-hydrogen) atoms. The second-order valence-corrected chi connectivity index (χ2v) is 5.16. The molecule has 0 heterocycles. The average Bonchev–Trinajstić information content (AvgIpc) is 2.13. The largest absolute Gasteiger partial charge is 0.459 e. The number of halogens is 2. The van der Waals surface area contributed by atoms with Gasteiger partial charge in [-0.2, -0.15) is 0 Å². The third-order valence-corrected chi connectivity index (χ3v) is 1.99. The Morgan fingerprint density at radius 1 is 1.26 bits per heavy atom. The summed E-state index contributed by atoms with van der Waals surface area (Å²) < 4.78 is 5.18. The molecule has 0 aromatic heterocycles. The van der Waals surface area contributed by atoms with E-state index in [1.165, 1.54) is 0 Å². The number of carbonyl (C=O) groups is 1. The first-order chi connectivity index (χ1) is 7.72. The number of esters is 1. The van der Waals surface area contributed by atoms with Gasteiger partial charge >= 0.3 is 5.97 Å². The van der Waals surface area contributed by atoms with Crippen LogP contribution in [-0.4, -0.2) is 30.0 Å². The van der Waals surface area contributed by atoms with Crippen LogP contribution in [0.1, 0.15) is 47.0 Å². The maximum absolute atomic E-state index is 11.5. The first-order valence-corrected chi connectivity index (χ1v) is 5.97. The Kier molecular flexibility index (Phi) is 14.0. The van der Waals surface area contributed by atoms with Crippen LogP contribution in [0.4, 0.5) is 0 Å². The van der Waals surface area contributed by atoms with Crippen LogP contribution in [0.25, 0.3) is 0 Å². The van der Waals surface area contributed by atoms with Gasteiger partial charge in [-0.1, -0.05) is 0 Å². The molecular weight excluding hydrogens is 289 g/mol. The molecule has 116 valence electrons. The highest BCUT2D eigenvalue weighted by Gasteiger charge is 2.21. The van der Waals surface area contributed by atoms with Gasteiger partial charge in [-0.25, -0.2) is 0 Å². The van der Waals surface area contributed by atoms with Crippen LogP contribution in [0.3, 0.4) is 0 Å². The third kappa shape index (κ3) is 15.4. The topological polar surface area (TPSA) is 90.7 Å². The molecule has 4 N–H and O–H groups in total. The minimum atomic E-state index is -0.544. The summed E-state index contributed by atoms with van der Waals surface area (Å²) in [4.78, 5) is 15.6. The quantitative estimate of drug-likeness (QED) is 0.339. The number of hydrogen-bond acceptors (Lipinski definition) is 4. The zero-order valence-electron chi connectivity index (χ0n) is 12.1. The Hall–Kier alpha value is -0.520. The van der Waals surface area contributed by atoms with Gasteiger partial charge < -0.3 is 16.2 Å². The predicted octanol–water partition coefficient (Wildman–Crippen LogP) is 2.05. The van der Waals surface area contributed by atoms with Gasteiger partial charge in [0.2, 0.25) is 0 Å². The maximum atomic E-state index is 11.5. The number of unbranched alkanes of at least 4 members (excludes halogenated alkanes) is 1. The van der Waals surface area contributed by atoms with Crippen molar-refractivity contribution in [2.45, 2.75) is 58.6 Å². The molecule has 0 aromatic carbocycles. The molecule has 0 radical (unpaired) electrons. The van der Waals surface area contributed by atoms with Crippen molar-refractivity contribution in [1.29, 1.82) is 0 Å². The maximum Gasteiger partial charge on any atom is 0.323 e. The van der Waals surface area contributed by atoms with E-state index in [9.17, 15) is 4.79 Å². The SMILES string of the molecule is CC(N)=NCCCCC(N)C(=O)OC(C)(C)C.Cl.Cl. The summed E-state index contributed by atoms with van der Waals surface area (Å²) in [6, 6.07) is -0.544. The van der Waals surface area contributed by atoms with Crippen LogP contribution in [0, 0.1) is 0 Å². The van der Waals surface area contributed by atoms with E-state index in [0.29, 0.717) is 18.8 Å². The Labute approximate surface area is 128 Å². The van der Waals surface area contributed by atoms with E-state index in [-0.39, 0.29) is 30.8 Å². The number of amidine groups is 1. The fourth-order valence-corrected chi connectivity index (χ4v) is 1.23. The van der Waals surface area contributed by atoms with Gasteiger partial charge in [-0.05, 0) is 47.0 Å².